The van der Waals surface area contributed by atoms with Crippen LogP contribution in [0, 0.1) is 0 Å². The van der Waals surface area contributed by atoms with Crippen LogP contribution in [0.4, 0.5) is 0 Å². The van der Waals surface area contributed by atoms with Crippen molar-refractivity contribution in [2.45, 2.75) is 24.8 Å². The van der Waals surface area contributed by atoms with E-state index in [-0.39, 0.29) is 11.4 Å². The SMILES string of the molecule is O=C(NC1(CBr)CCC1)c1cscn1. The predicted octanol–water partition coefficient (Wildman–Crippen LogP) is 2.19. The first-order valence-corrected chi connectivity index (χ1v) is 6.59. The number of hydrogen-bond donors (Lipinski definition) is 1. The highest BCUT2D eigenvalue weighted by Crippen LogP contribution is 2.33. The average molecular weight is 275 g/mol. The van der Waals surface area contributed by atoms with Gasteiger partial charge < -0.3 is 5.32 Å². The van der Waals surface area contributed by atoms with E-state index in [0.717, 1.165) is 18.2 Å². The molecule has 3 nitrogen and oxygen atoms in total. The van der Waals surface area contributed by atoms with Crippen molar-refractivity contribution < 1.29 is 4.79 Å². The van der Waals surface area contributed by atoms with Crippen LogP contribution in [0.1, 0.15) is 29.8 Å². The molecule has 0 spiro atoms. The van der Waals surface area contributed by atoms with Crippen LogP contribution in [-0.4, -0.2) is 21.8 Å². The highest BCUT2D eigenvalue weighted by atomic mass is 79.9. The number of rotatable bonds is 3. The third-order valence-electron chi connectivity index (χ3n) is 2.61. The Morgan fingerprint density at radius 3 is 2.93 bits per heavy atom. The maximum absolute atomic E-state index is 11.7. The molecule has 1 fully saturated rings. The highest BCUT2D eigenvalue weighted by molar-refractivity contribution is 9.09. The molecule has 14 heavy (non-hydrogen) atoms. The number of nitrogens with one attached hydrogen (secondary N) is 1. The molecule has 0 bridgehead atoms. The molecule has 0 atom stereocenters. The summed E-state index contributed by atoms with van der Waals surface area (Å²) in [7, 11) is 0. The van der Waals surface area contributed by atoms with Crippen LogP contribution in [0.2, 0.25) is 0 Å². The first-order chi connectivity index (χ1) is 6.76. The van der Waals surface area contributed by atoms with Crippen LogP contribution in [0.3, 0.4) is 0 Å². The zero-order valence-corrected chi connectivity index (χ0v) is 10.0. The maximum Gasteiger partial charge on any atom is 0.271 e. The van der Waals surface area contributed by atoms with Crippen molar-refractivity contribution in [2.24, 2.45) is 0 Å². The third-order valence-corrected chi connectivity index (χ3v) is 4.27. The van der Waals surface area contributed by atoms with Gasteiger partial charge in [-0.05, 0) is 19.3 Å². The van der Waals surface area contributed by atoms with Crippen LogP contribution in [-0.2, 0) is 0 Å². The lowest BCUT2D eigenvalue weighted by Gasteiger charge is -2.41. The summed E-state index contributed by atoms with van der Waals surface area (Å²) >= 11 is 4.89. The molecule has 1 aromatic rings. The quantitative estimate of drug-likeness (QED) is 0.859. The summed E-state index contributed by atoms with van der Waals surface area (Å²) in [6.45, 7) is 0. The van der Waals surface area contributed by atoms with Crippen molar-refractivity contribution in [3.63, 3.8) is 0 Å². The Morgan fingerprint density at radius 1 is 1.71 bits per heavy atom. The van der Waals surface area contributed by atoms with Gasteiger partial charge in [-0.3, -0.25) is 4.79 Å². The number of carbonyl (C=O) groups excluding carboxylic acids is 1. The number of thiazole rings is 1. The number of hydrogen-bond acceptors (Lipinski definition) is 3. The van der Waals surface area contributed by atoms with Crippen molar-refractivity contribution in [2.75, 3.05) is 5.33 Å². The molecule has 0 aliphatic heterocycles. The molecule has 1 N–H and O–H groups in total. The van der Waals surface area contributed by atoms with Crippen LogP contribution in [0.25, 0.3) is 0 Å². The summed E-state index contributed by atoms with van der Waals surface area (Å²) in [5.74, 6) is -0.0506. The standard InChI is InChI=1S/C9H11BrN2OS/c10-5-9(2-1-3-9)12-8(13)7-4-14-6-11-7/h4,6H,1-3,5H2,(H,12,13). The van der Waals surface area contributed by atoms with Gasteiger partial charge in [0.1, 0.15) is 5.69 Å². The van der Waals surface area contributed by atoms with E-state index >= 15 is 0 Å². The molecule has 1 heterocycles. The molecule has 1 aliphatic carbocycles. The van der Waals surface area contributed by atoms with E-state index in [1.54, 1.807) is 10.9 Å². The van der Waals surface area contributed by atoms with E-state index in [9.17, 15) is 4.79 Å². The number of carbonyl (C=O) groups is 1. The minimum atomic E-state index is -0.0506. The molecule has 76 valence electrons. The molecule has 0 unspecified atom stereocenters. The predicted molar refractivity (Wildman–Crippen MR) is 60.0 cm³/mol. The van der Waals surface area contributed by atoms with E-state index in [1.807, 2.05) is 0 Å². The minimum Gasteiger partial charge on any atom is -0.344 e. The molecule has 0 saturated heterocycles. The molecule has 5 heteroatoms. The van der Waals surface area contributed by atoms with Gasteiger partial charge in [0.2, 0.25) is 0 Å². The fourth-order valence-corrected chi connectivity index (χ4v) is 2.76. The summed E-state index contributed by atoms with van der Waals surface area (Å²) in [5.41, 5.74) is 2.19. The normalized spacial score (nSPS) is 18.6. The largest absolute Gasteiger partial charge is 0.344 e. The molecule has 0 aromatic carbocycles. The number of amides is 1. The molecule has 1 aromatic heterocycles. The molecule has 1 saturated carbocycles. The van der Waals surface area contributed by atoms with E-state index in [0.29, 0.717) is 5.69 Å². The average Bonchev–Trinajstić information content (AvgIpc) is 2.63. The second-order valence-corrected chi connectivity index (χ2v) is 4.87. The van der Waals surface area contributed by atoms with Crippen LogP contribution in [0.5, 0.6) is 0 Å². The number of aromatic nitrogens is 1. The van der Waals surface area contributed by atoms with Gasteiger partial charge in [0, 0.05) is 10.7 Å². The Hall–Kier alpha value is -0.420. The van der Waals surface area contributed by atoms with Gasteiger partial charge in [0.25, 0.3) is 5.91 Å². The molecule has 2 rings (SSSR count). The summed E-state index contributed by atoms with van der Waals surface area (Å²) in [5, 5.41) is 5.64. The fraction of sp³-hybridized carbons (Fsp3) is 0.556. The Kier molecular flexibility index (Phi) is 2.88. The molecule has 1 aliphatic rings. The smallest absolute Gasteiger partial charge is 0.271 e. The van der Waals surface area contributed by atoms with Gasteiger partial charge in [-0.1, -0.05) is 15.9 Å². The van der Waals surface area contributed by atoms with Gasteiger partial charge in [-0.15, -0.1) is 11.3 Å². The second kappa shape index (κ2) is 3.98. The maximum atomic E-state index is 11.7. The Balaban J connectivity index is 2.01. The fourth-order valence-electron chi connectivity index (χ4n) is 1.53. The van der Waals surface area contributed by atoms with Crippen molar-refractivity contribution in [3.05, 3.63) is 16.6 Å². The van der Waals surface area contributed by atoms with Crippen molar-refractivity contribution in [3.8, 4) is 0 Å². The summed E-state index contributed by atoms with van der Waals surface area (Å²) in [6.07, 6.45) is 3.32. The van der Waals surface area contributed by atoms with Crippen molar-refractivity contribution in [1.29, 1.82) is 0 Å². The second-order valence-electron chi connectivity index (χ2n) is 3.60. The van der Waals surface area contributed by atoms with E-state index in [1.165, 1.54) is 17.8 Å². The van der Waals surface area contributed by atoms with Gasteiger partial charge in [0.15, 0.2) is 0 Å². The summed E-state index contributed by atoms with van der Waals surface area (Å²) in [6, 6.07) is 0. The molecular weight excluding hydrogens is 264 g/mol. The molecule has 1 amide bonds. The third kappa shape index (κ3) is 1.83. The number of alkyl halides is 1. The zero-order valence-electron chi connectivity index (χ0n) is 7.62. The van der Waals surface area contributed by atoms with E-state index < -0.39 is 0 Å². The first kappa shape index (κ1) is 10.1. The van der Waals surface area contributed by atoms with Crippen LogP contribution in [0.15, 0.2) is 10.9 Å². The topological polar surface area (TPSA) is 42.0 Å². The lowest BCUT2D eigenvalue weighted by atomic mass is 9.78. The van der Waals surface area contributed by atoms with Crippen molar-refractivity contribution in [1.82, 2.24) is 10.3 Å². The lowest BCUT2D eigenvalue weighted by molar-refractivity contribution is 0.0852. The van der Waals surface area contributed by atoms with Crippen molar-refractivity contribution >= 4 is 33.2 Å². The number of halogens is 1. The molecular formula is C9H11BrN2OS. The Morgan fingerprint density at radius 2 is 2.50 bits per heavy atom. The van der Waals surface area contributed by atoms with E-state index in [4.69, 9.17) is 0 Å². The van der Waals surface area contributed by atoms with Crippen LogP contribution < -0.4 is 5.32 Å². The van der Waals surface area contributed by atoms with Gasteiger partial charge in [-0.25, -0.2) is 4.98 Å². The monoisotopic (exact) mass is 274 g/mol. The molecule has 0 radical (unpaired) electrons. The van der Waals surface area contributed by atoms with Crippen LogP contribution >= 0.6 is 27.3 Å². The zero-order chi connectivity index (χ0) is 10.0. The summed E-state index contributed by atoms with van der Waals surface area (Å²) in [4.78, 5) is 15.7. The van der Waals surface area contributed by atoms with Gasteiger partial charge >= 0.3 is 0 Å². The van der Waals surface area contributed by atoms with Gasteiger partial charge in [-0.2, -0.15) is 0 Å². The van der Waals surface area contributed by atoms with E-state index in [2.05, 4.69) is 26.2 Å². The Bertz CT molecular complexity index is 316. The van der Waals surface area contributed by atoms with Gasteiger partial charge in [0.05, 0.1) is 11.0 Å². The summed E-state index contributed by atoms with van der Waals surface area (Å²) < 4.78 is 0. The minimum absolute atomic E-state index is 0.0132. The lowest BCUT2D eigenvalue weighted by Crippen LogP contribution is -2.54. The first-order valence-electron chi connectivity index (χ1n) is 4.52. The Labute approximate surface area is 95.1 Å². The number of nitrogens with zero attached hydrogens (tertiary/aromatic N) is 1. The highest BCUT2D eigenvalue weighted by Gasteiger charge is 2.37.